The number of rotatable bonds is 3. The fourth-order valence-corrected chi connectivity index (χ4v) is 2.10. The van der Waals surface area contributed by atoms with E-state index < -0.39 is 0 Å². The molecule has 2 radical (unpaired) electrons. The van der Waals surface area contributed by atoms with Crippen LogP contribution in [0.2, 0.25) is 0 Å². The van der Waals surface area contributed by atoms with Crippen LogP contribution in [0.15, 0.2) is 36.4 Å². The predicted octanol–water partition coefficient (Wildman–Crippen LogP) is 2.29. The van der Waals surface area contributed by atoms with Crippen molar-refractivity contribution in [2.24, 2.45) is 0 Å². The van der Waals surface area contributed by atoms with Gasteiger partial charge in [0.05, 0.1) is 0 Å². The first kappa shape index (κ1) is 9.55. The van der Waals surface area contributed by atoms with Gasteiger partial charge in [0.25, 0.3) is 0 Å². The average Bonchev–Trinajstić information content (AvgIpc) is 2.04. The van der Waals surface area contributed by atoms with Gasteiger partial charge < -0.3 is 0 Å². The van der Waals surface area contributed by atoms with Crippen LogP contribution in [0.1, 0.15) is 12.5 Å². The maximum atomic E-state index is 5.81. The lowest BCUT2D eigenvalue weighted by Crippen LogP contribution is -2.14. The first-order valence-electron chi connectivity index (χ1n) is 3.83. The summed E-state index contributed by atoms with van der Waals surface area (Å²) >= 11 is 5.81. The summed E-state index contributed by atoms with van der Waals surface area (Å²) in [5.74, 6) is 0. The second kappa shape index (κ2) is 4.48. The maximum absolute atomic E-state index is 5.81. The molecule has 0 nitrogen and oxygen atoms in total. The summed E-state index contributed by atoms with van der Waals surface area (Å²) < 4.78 is 0. The molecule has 0 atom stereocenters. The second-order valence-corrected chi connectivity index (χ2v) is 4.18. The molecule has 2 heteroatoms. The molecular formula is C10H11ClSi. The van der Waals surface area contributed by atoms with Gasteiger partial charge in [0, 0.05) is 0 Å². The van der Waals surface area contributed by atoms with E-state index in [1.54, 1.807) is 0 Å². The van der Waals surface area contributed by atoms with Crippen LogP contribution in [-0.2, 0) is 6.42 Å². The molecule has 0 saturated heterocycles. The Morgan fingerprint density at radius 3 is 2.75 bits per heavy atom. The van der Waals surface area contributed by atoms with E-state index in [4.69, 9.17) is 11.1 Å². The molecule has 0 aliphatic heterocycles. The highest BCUT2D eigenvalue weighted by Crippen LogP contribution is 2.03. The van der Waals surface area contributed by atoms with Crippen molar-refractivity contribution < 1.29 is 0 Å². The van der Waals surface area contributed by atoms with Gasteiger partial charge in [-0.15, -0.1) is 0 Å². The van der Waals surface area contributed by atoms with Crippen molar-refractivity contribution in [2.75, 3.05) is 0 Å². The highest BCUT2D eigenvalue weighted by atomic mass is 35.6. The Morgan fingerprint density at radius 2 is 2.17 bits per heavy atom. The summed E-state index contributed by atoms with van der Waals surface area (Å²) in [5, 5.41) is 1.24. The molecule has 0 fully saturated rings. The van der Waals surface area contributed by atoms with Gasteiger partial charge in [-0.25, -0.2) is 0 Å². The third kappa shape index (κ3) is 2.50. The van der Waals surface area contributed by atoms with E-state index in [0.717, 1.165) is 6.42 Å². The Labute approximate surface area is 80.8 Å². The molecule has 0 amide bonds. The van der Waals surface area contributed by atoms with Crippen molar-refractivity contribution in [3.63, 3.8) is 0 Å². The maximum Gasteiger partial charge on any atom is 0.210 e. The molecule has 1 rings (SSSR count). The summed E-state index contributed by atoms with van der Waals surface area (Å²) in [6.45, 7) is 5.92. The summed E-state index contributed by atoms with van der Waals surface area (Å²) in [4.78, 5) is 0. The van der Waals surface area contributed by atoms with Gasteiger partial charge in [-0.05, 0) is 24.1 Å². The van der Waals surface area contributed by atoms with Crippen molar-refractivity contribution in [1.82, 2.24) is 0 Å². The van der Waals surface area contributed by atoms with Crippen molar-refractivity contribution in [3.05, 3.63) is 42.0 Å². The minimum absolute atomic E-state index is 0.360. The largest absolute Gasteiger partial charge is 0.210 e. The van der Waals surface area contributed by atoms with Crippen LogP contribution < -0.4 is 5.19 Å². The summed E-state index contributed by atoms with van der Waals surface area (Å²) in [6.07, 6.45) is 0.940. The van der Waals surface area contributed by atoms with Crippen LogP contribution in [-0.4, -0.2) is 8.83 Å². The third-order valence-electron chi connectivity index (χ3n) is 1.61. The summed E-state index contributed by atoms with van der Waals surface area (Å²) in [7, 11) is 0.360. The molecule has 1 aromatic carbocycles. The molecule has 62 valence electrons. The van der Waals surface area contributed by atoms with Crippen molar-refractivity contribution in [2.45, 2.75) is 13.3 Å². The smallest absolute Gasteiger partial charge is 0.165 e. The monoisotopic (exact) mass is 194 g/mol. The van der Waals surface area contributed by atoms with Crippen molar-refractivity contribution >= 4 is 25.1 Å². The van der Waals surface area contributed by atoms with Crippen LogP contribution in [0.4, 0.5) is 0 Å². The first-order valence-corrected chi connectivity index (χ1v) is 5.84. The minimum atomic E-state index is 0.360. The van der Waals surface area contributed by atoms with Crippen molar-refractivity contribution in [1.29, 1.82) is 0 Å². The van der Waals surface area contributed by atoms with Gasteiger partial charge in [-0.2, -0.15) is 11.1 Å². The minimum Gasteiger partial charge on any atom is -0.165 e. The average molecular weight is 195 g/mol. The molecule has 0 N–H and O–H groups in total. The number of allylic oxidation sites excluding steroid dienone is 1. The molecule has 0 bridgehead atoms. The Bertz CT molecular complexity index is 281. The molecular weight excluding hydrogens is 184 g/mol. The summed E-state index contributed by atoms with van der Waals surface area (Å²) in [5.41, 5.74) is 2.48. The van der Waals surface area contributed by atoms with Crippen LogP contribution in [0.3, 0.4) is 0 Å². The van der Waals surface area contributed by atoms with E-state index >= 15 is 0 Å². The third-order valence-corrected chi connectivity index (χ3v) is 2.91. The van der Waals surface area contributed by atoms with E-state index in [1.165, 1.54) is 16.3 Å². The highest BCUT2D eigenvalue weighted by molar-refractivity contribution is 7.01. The fraction of sp³-hybridized carbons (Fsp3) is 0.200. The normalized spacial score (nSPS) is 9.83. The molecule has 0 aliphatic carbocycles. The van der Waals surface area contributed by atoms with Gasteiger partial charge in [-0.3, -0.25) is 0 Å². The topological polar surface area (TPSA) is 0 Å². The Balaban J connectivity index is 2.89. The number of benzene rings is 1. The lowest BCUT2D eigenvalue weighted by molar-refractivity contribution is 1.17. The number of hydrogen-bond donors (Lipinski definition) is 0. The Hall–Kier alpha value is -0.533. The lowest BCUT2D eigenvalue weighted by atomic mass is 10.1. The SMILES string of the molecule is C=C(C)Cc1ccccc1[Si]Cl. The zero-order valence-electron chi connectivity index (χ0n) is 7.10. The Morgan fingerprint density at radius 1 is 1.50 bits per heavy atom. The Kier molecular flexibility index (Phi) is 3.57. The number of hydrogen-bond acceptors (Lipinski definition) is 0. The molecule has 0 aliphatic rings. The van der Waals surface area contributed by atoms with Crippen LogP contribution in [0.5, 0.6) is 0 Å². The molecule has 0 spiro atoms. The van der Waals surface area contributed by atoms with E-state index in [1.807, 2.05) is 19.1 Å². The van der Waals surface area contributed by atoms with Crippen LogP contribution >= 0.6 is 11.1 Å². The van der Waals surface area contributed by atoms with Crippen molar-refractivity contribution in [3.8, 4) is 0 Å². The zero-order valence-corrected chi connectivity index (χ0v) is 8.86. The van der Waals surface area contributed by atoms with E-state index in [2.05, 4.69) is 18.7 Å². The quantitative estimate of drug-likeness (QED) is 0.394. The first-order chi connectivity index (χ1) is 5.74. The molecule has 0 heterocycles. The van der Waals surface area contributed by atoms with Gasteiger partial charge in [0.1, 0.15) is 0 Å². The molecule has 0 aromatic heterocycles. The molecule has 0 saturated carbocycles. The van der Waals surface area contributed by atoms with Gasteiger partial charge >= 0.3 is 0 Å². The second-order valence-electron chi connectivity index (χ2n) is 2.89. The van der Waals surface area contributed by atoms with Crippen LogP contribution in [0.25, 0.3) is 0 Å². The number of halogens is 1. The van der Waals surface area contributed by atoms with E-state index in [0.29, 0.717) is 8.83 Å². The molecule has 1 aromatic rings. The zero-order chi connectivity index (χ0) is 8.97. The standard InChI is InChI=1S/C10H11ClSi/c1-8(2)7-9-5-3-4-6-10(9)12-11/h3-6H,1,7H2,2H3. The summed E-state index contributed by atoms with van der Waals surface area (Å²) in [6, 6.07) is 8.24. The molecule has 0 unspecified atom stereocenters. The molecule has 12 heavy (non-hydrogen) atoms. The van der Waals surface area contributed by atoms with E-state index in [9.17, 15) is 0 Å². The van der Waals surface area contributed by atoms with E-state index in [-0.39, 0.29) is 0 Å². The van der Waals surface area contributed by atoms with Gasteiger partial charge in [0.2, 0.25) is 8.83 Å². The fourth-order valence-electron chi connectivity index (χ4n) is 1.09. The van der Waals surface area contributed by atoms with Gasteiger partial charge in [0.15, 0.2) is 0 Å². The highest BCUT2D eigenvalue weighted by Gasteiger charge is 2.00. The van der Waals surface area contributed by atoms with Crippen LogP contribution in [0, 0.1) is 0 Å². The van der Waals surface area contributed by atoms with Gasteiger partial charge in [-0.1, -0.05) is 36.4 Å². The lowest BCUT2D eigenvalue weighted by Gasteiger charge is -2.04. The predicted molar refractivity (Wildman–Crippen MR) is 56.2 cm³/mol.